The van der Waals surface area contributed by atoms with E-state index in [1.54, 1.807) is 26.6 Å². The Kier molecular flexibility index (Phi) is 7.23. The van der Waals surface area contributed by atoms with Gasteiger partial charge in [-0.3, -0.25) is 4.79 Å². The second-order valence-corrected chi connectivity index (χ2v) is 7.11. The van der Waals surface area contributed by atoms with Crippen LogP contribution in [0.25, 0.3) is 27.7 Å². The number of benzene rings is 2. The molecule has 6 nitrogen and oxygen atoms in total. The number of carbonyl (C=O) groups excluding carboxylic acids is 1. The highest BCUT2D eigenvalue weighted by molar-refractivity contribution is 6.01. The van der Waals surface area contributed by atoms with Gasteiger partial charge in [0.05, 0.1) is 27.1 Å². The smallest absolute Gasteiger partial charge is 0.244 e. The highest BCUT2D eigenvalue weighted by atomic mass is 16.5. The minimum atomic E-state index is -0.122. The summed E-state index contributed by atoms with van der Waals surface area (Å²) in [5.41, 5.74) is 4.07. The quantitative estimate of drug-likeness (QED) is 0.464. The van der Waals surface area contributed by atoms with E-state index in [2.05, 4.69) is 5.32 Å². The number of hydrogen-bond acceptors (Lipinski definition) is 5. The van der Waals surface area contributed by atoms with Crippen molar-refractivity contribution >= 4 is 22.4 Å². The molecule has 0 saturated heterocycles. The van der Waals surface area contributed by atoms with Gasteiger partial charge in [-0.25, -0.2) is 0 Å². The number of methoxy groups -OCH3 is 2. The van der Waals surface area contributed by atoms with Crippen molar-refractivity contribution in [2.45, 2.75) is 27.2 Å². The van der Waals surface area contributed by atoms with E-state index in [9.17, 15) is 4.79 Å². The average molecular weight is 424 g/mol. The zero-order valence-electron chi connectivity index (χ0n) is 18.7. The van der Waals surface area contributed by atoms with Crippen LogP contribution in [0.3, 0.4) is 0 Å². The summed E-state index contributed by atoms with van der Waals surface area (Å²) in [5, 5.41) is 3.77. The van der Waals surface area contributed by atoms with Gasteiger partial charge in [-0.15, -0.1) is 0 Å². The molecule has 1 N–H and O–H groups in total. The lowest BCUT2D eigenvalue weighted by molar-refractivity contribution is -0.116. The first-order valence-electron chi connectivity index (χ1n) is 10.4. The van der Waals surface area contributed by atoms with E-state index in [-0.39, 0.29) is 5.91 Å². The molecule has 0 aliphatic rings. The summed E-state index contributed by atoms with van der Waals surface area (Å²) in [4.78, 5) is 12.2. The Bertz CT molecular complexity index is 1100. The van der Waals surface area contributed by atoms with Gasteiger partial charge in [-0.2, -0.15) is 0 Å². The van der Waals surface area contributed by atoms with E-state index in [0.717, 1.165) is 39.8 Å². The Labute approximate surface area is 182 Å². The molecule has 0 atom stereocenters. The number of fused-ring (bicyclic) bond motifs is 1. The molecule has 3 aromatic rings. The Hall–Kier alpha value is -3.41. The van der Waals surface area contributed by atoms with E-state index < -0.39 is 0 Å². The number of allylic oxidation sites excluding steroid dienone is 1. The van der Waals surface area contributed by atoms with Gasteiger partial charge >= 0.3 is 0 Å². The van der Waals surface area contributed by atoms with Crippen LogP contribution in [0.15, 0.2) is 47.1 Å². The molecule has 1 heterocycles. The standard InChI is InChI=1S/C25H29NO5/c1-6-10-26-25(27)11-16(3)18-13-20-21(15-31-24(20)14-23(18)30-7-2)19-12-17(28-4)8-9-22(19)29-5/h8-9,11-15H,6-7,10H2,1-5H3,(H,26,27)/b16-11+. The van der Waals surface area contributed by atoms with Crippen molar-refractivity contribution < 1.29 is 23.4 Å². The number of nitrogens with one attached hydrogen (secondary N) is 1. The summed E-state index contributed by atoms with van der Waals surface area (Å²) >= 11 is 0. The Morgan fingerprint density at radius 3 is 2.55 bits per heavy atom. The van der Waals surface area contributed by atoms with Gasteiger partial charge in [-0.1, -0.05) is 6.92 Å². The molecule has 3 rings (SSSR count). The minimum absolute atomic E-state index is 0.122. The Balaban J connectivity index is 2.15. The fourth-order valence-electron chi connectivity index (χ4n) is 3.44. The molecule has 0 aliphatic heterocycles. The number of hydrogen-bond donors (Lipinski definition) is 1. The number of furan rings is 1. The molecule has 164 valence electrons. The van der Waals surface area contributed by atoms with Crippen LogP contribution in [0.1, 0.15) is 32.8 Å². The summed E-state index contributed by atoms with van der Waals surface area (Å²) in [6.07, 6.45) is 4.19. The van der Waals surface area contributed by atoms with Crippen LogP contribution in [0.2, 0.25) is 0 Å². The van der Waals surface area contributed by atoms with Crippen LogP contribution in [0.4, 0.5) is 0 Å². The fraction of sp³-hybridized carbons (Fsp3) is 0.320. The van der Waals surface area contributed by atoms with E-state index in [0.29, 0.717) is 30.2 Å². The molecule has 0 bridgehead atoms. The third-order valence-electron chi connectivity index (χ3n) is 4.99. The van der Waals surface area contributed by atoms with Crippen molar-refractivity contribution in [1.29, 1.82) is 0 Å². The van der Waals surface area contributed by atoms with Crippen molar-refractivity contribution in [3.8, 4) is 28.4 Å². The predicted molar refractivity (Wildman–Crippen MR) is 123 cm³/mol. The number of rotatable bonds is 9. The maximum Gasteiger partial charge on any atom is 0.244 e. The van der Waals surface area contributed by atoms with Crippen LogP contribution in [0.5, 0.6) is 17.2 Å². The highest BCUT2D eigenvalue weighted by Crippen LogP contribution is 2.41. The number of ether oxygens (including phenoxy) is 3. The summed E-state index contributed by atoms with van der Waals surface area (Å²) in [6.45, 7) is 6.99. The second-order valence-electron chi connectivity index (χ2n) is 7.11. The van der Waals surface area contributed by atoms with Gasteiger partial charge in [0.1, 0.15) is 22.8 Å². The maximum absolute atomic E-state index is 12.2. The van der Waals surface area contributed by atoms with Gasteiger partial charge in [0.25, 0.3) is 0 Å². The molecule has 1 amide bonds. The molecule has 0 unspecified atom stereocenters. The van der Waals surface area contributed by atoms with Gasteiger partial charge in [-0.05, 0) is 50.1 Å². The largest absolute Gasteiger partial charge is 0.497 e. The maximum atomic E-state index is 12.2. The van der Waals surface area contributed by atoms with Crippen LogP contribution in [0, 0.1) is 0 Å². The summed E-state index contributed by atoms with van der Waals surface area (Å²) < 4.78 is 22.7. The van der Waals surface area contributed by atoms with E-state index in [1.807, 2.05) is 51.1 Å². The molecule has 0 radical (unpaired) electrons. The first-order valence-corrected chi connectivity index (χ1v) is 10.4. The van der Waals surface area contributed by atoms with E-state index in [4.69, 9.17) is 18.6 Å². The molecular formula is C25H29NO5. The van der Waals surface area contributed by atoms with Gasteiger partial charge in [0.15, 0.2) is 0 Å². The first-order chi connectivity index (χ1) is 15.0. The number of carbonyl (C=O) groups is 1. The lowest BCUT2D eigenvalue weighted by Crippen LogP contribution is -2.21. The molecule has 6 heteroatoms. The zero-order chi connectivity index (χ0) is 22.4. The van der Waals surface area contributed by atoms with Crippen molar-refractivity contribution in [3.05, 3.63) is 48.2 Å². The third kappa shape index (κ3) is 4.85. The summed E-state index contributed by atoms with van der Waals surface area (Å²) in [7, 11) is 3.26. The molecule has 0 aliphatic carbocycles. The van der Waals surface area contributed by atoms with Crippen molar-refractivity contribution in [2.75, 3.05) is 27.4 Å². The van der Waals surface area contributed by atoms with E-state index >= 15 is 0 Å². The second kappa shape index (κ2) is 10.1. The number of amides is 1. The molecule has 0 fully saturated rings. The predicted octanol–water partition coefficient (Wildman–Crippen LogP) is 5.45. The van der Waals surface area contributed by atoms with Crippen molar-refractivity contribution in [1.82, 2.24) is 5.32 Å². The Morgan fingerprint density at radius 2 is 1.87 bits per heavy atom. The lowest BCUT2D eigenvalue weighted by atomic mass is 9.98. The van der Waals surface area contributed by atoms with Crippen molar-refractivity contribution in [2.24, 2.45) is 0 Å². The average Bonchev–Trinajstić information content (AvgIpc) is 3.19. The molecule has 31 heavy (non-hydrogen) atoms. The SMILES string of the molecule is CCCNC(=O)/C=C(\C)c1cc2c(-c3cc(OC)ccc3OC)coc2cc1OCC. The van der Waals surface area contributed by atoms with Crippen LogP contribution < -0.4 is 19.5 Å². The molecule has 1 aromatic heterocycles. The van der Waals surface area contributed by atoms with Crippen molar-refractivity contribution in [3.63, 3.8) is 0 Å². The topological polar surface area (TPSA) is 69.9 Å². The molecule has 2 aromatic carbocycles. The van der Waals surface area contributed by atoms with E-state index in [1.165, 1.54) is 0 Å². The van der Waals surface area contributed by atoms with Gasteiger partial charge in [0.2, 0.25) is 5.91 Å². The summed E-state index contributed by atoms with van der Waals surface area (Å²) in [5.74, 6) is 1.99. The molecule has 0 saturated carbocycles. The minimum Gasteiger partial charge on any atom is -0.497 e. The fourth-order valence-corrected chi connectivity index (χ4v) is 3.44. The summed E-state index contributed by atoms with van der Waals surface area (Å²) in [6, 6.07) is 9.50. The van der Waals surface area contributed by atoms with Crippen LogP contribution >= 0.6 is 0 Å². The highest BCUT2D eigenvalue weighted by Gasteiger charge is 2.18. The zero-order valence-corrected chi connectivity index (χ0v) is 18.7. The van der Waals surface area contributed by atoms with Gasteiger partial charge < -0.3 is 23.9 Å². The third-order valence-corrected chi connectivity index (χ3v) is 4.99. The monoisotopic (exact) mass is 423 g/mol. The van der Waals surface area contributed by atoms with Crippen LogP contribution in [-0.2, 0) is 4.79 Å². The normalized spacial score (nSPS) is 11.5. The first kappa shape index (κ1) is 22.3. The van der Waals surface area contributed by atoms with Gasteiger partial charge in [0, 0.05) is 40.8 Å². The molecule has 0 spiro atoms. The molecular weight excluding hydrogens is 394 g/mol. The van der Waals surface area contributed by atoms with Crippen LogP contribution in [-0.4, -0.2) is 33.3 Å². The Morgan fingerprint density at radius 1 is 1.06 bits per heavy atom. The lowest BCUT2D eigenvalue weighted by Gasteiger charge is -2.13.